The van der Waals surface area contributed by atoms with Crippen molar-refractivity contribution in [1.82, 2.24) is 29.4 Å². The SMILES string of the molecule is CCN1CCC([C@@H](c2ccc(Nc3ncc(F)c(-c4cc(F)c5nc(C)n(C(C)C)c5c4)n3)nc2)C2CCOC2)CC1. The van der Waals surface area contributed by atoms with Crippen LogP contribution in [0.15, 0.2) is 36.7 Å². The number of hydrogen-bond donors (Lipinski definition) is 1. The summed E-state index contributed by atoms with van der Waals surface area (Å²) in [6, 6.07) is 7.14. The zero-order valence-corrected chi connectivity index (χ0v) is 24.8. The highest BCUT2D eigenvalue weighted by Crippen LogP contribution is 2.41. The summed E-state index contributed by atoms with van der Waals surface area (Å²) in [6.45, 7) is 13.1. The van der Waals surface area contributed by atoms with Gasteiger partial charge in [-0.15, -0.1) is 0 Å². The molecule has 2 aliphatic rings. The quantitative estimate of drug-likeness (QED) is 0.252. The molecule has 2 saturated heterocycles. The van der Waals surface area contributed by atoms with E-state index in [9.17, 15) is 4.39 Å². The van der Waals surface area contributed by atoms with Crippen molar-refractivity contribution >= 4 is 22.8 Å². The molecule has 42 heavy (non-hydrogen) atoms. The summed E-state index contributed by atoms with van der Waals surface area (Å²) in [7, 11) is 0. The number of anilines is 2. The Morgan fingerprint density at radius 2 is 1.81 bits per heavy atom. The average Bonchev–Trinajstić information content (AvgIpc) is 3.63. The fourth-order valence-electron chi connectivity index (χ4n) is 6.87. The molecule has 3 aromatic heterocycles. The van der Waals surface area contributed by atoms with E-state index in [1.165, 1.54) is 24.5 Å². The van der Waals surface area contributed by atoms with Gasteiger partial charge in [-0.05, 0) is 101 Å². The second-order valence-electron chi connectivity index (χ2n) is 11.9. The van der Waals surface area contributed by atoms with Crippen molar-refractivity contribution in [2.75, 3.05) is 38.2 Å². The van der Waals surface area contributed by atoms with Crippen LogP contribution >= 0.6 is 0 Å². The minimum Gasteiger partial charge on any atom is -0.381 e. The summed E-state index contributed by atoms with van der Waals surface area (Å²) in [5.74, 6) is 1.82. The molecule has 4 aromatic rings. The smallest absolute Gasteiger partial charge is 0.229 e. The fraction of sp³-hybridized carbons (Fsp3) is 0.500. The number of benzene rings is 1. The number of piperidine rings is 1. The van der Waals surface area contributed by atoms with Crippen molar-refractivity contribution in [3.05, 3.63) is 59.7 Å². The normalized spacial score (nSPS) is 19.2. The van der Waals surface area contributed by atoms with Crippen molar-refractivity contribution in [3.63, 3.8) is 0 Å². The molecule has 0 aliphatic carbocycles. The third kappa shape index (κ3) is 5.62. The molecule has 6 rings (SSSR count). The summed E-state index contributed by atoms with van der Waals surface area (Å²) in [4.78, 5) is 20.2. The number of aromatic nitrogens is 5. The molecule has 2 fully saturated rings. The summed E-state index contributed by atoms with van der Waals surface area (Å²) in [5, 5.41) is 3.11. The zero-order chi connectivity index (χ0) is 29.4. The highest BCUT2D eigenvalue weighted by atomic mass is 19.1. The number of nitrogens with one attached hydrogen (secondary N) is 1. The maximum absolute atomic E-state index is 15.1. The van der Waals surface area contributed by atoms with E-state index in [2.05, 4.69) is 38.2 Å². The van der Waals surface area contributed by atoms with Gasteiger partial charge < -0.3 is 19.5 Å². The van der Waals surface area contributed by atoms with Gasteiger partial charge in [-0.2, -0.15) is 0 Å². The van der Waals surface area contributed by atoms with Gasteiger partial charge in [0.2, 0.25) is 5.95 Å². The van der Waals surface area contributed by atoms with Crippen LogP contribution in [0.1, 0.15) is 63.4 Å². The first-order valence-electron chi connectivity index (χ1n) is 15.1. The molecule has 1 unspecified atom stereocenters. The van der Waals surface area contributed by atoms with Crippen molar-refractivity contribution in [3.8, 4) is 11.3 Å². The van der Waals surface area contributed by atoms with Crippen LogP contribution < -0.4 is 5.32 Å². The van der Waals surface area contributed by atoms with Crippen LogP contribution in [0.25, 0.3) is 22.3 Å². The van der Waals surface area contributed by atoms with E-state index in [1.807, 2.05) is 37.6 Å². The number of halogens is 2. The number of ether oxygens (including phenoxy) is 1. The molecule has 5 heterocycles. The van der Waals surface area contributed by atoms with E-state index in [0.717, 1.165) is 45.5 Å². The van der Waals surface area contributed by atoms with E-state index >= 15 is 4.39 Å². The molecule has 0 spiro atoms. The number of fused-ring (bicyclic) bond motifs is 1. The van der Waals surface area contributed by atoms with Gasteiger partial charge in [0.1, 0.15) is 22.9 Å². The van der Waals surface area contributed by atoms with Gasteiger partial charge in [-0.1, -0.05) is 13.0 Å². The van der Waals surface area contributed by atoms with Crippen LogP contribution in [0.3, 0.4) is 0 Å². The first kappa shape index (κ1) is 28.6. The molecule has 1 N–H and O–H groups in total. The molecular formula is C32H39F2N7O. The van der Waals surface area contributed by atoms with Gasteiger partial charge in [-0.25, -0.2) is 28.7 Å². The lowest BCUT2D eigenvalue weighted by Crippen LogP contribution is -2.37. The predicted octanol–water partition coefficient (Wildman–Crippen LogP) is 6.65. The van der Waals surface area contributed by atoms with E-state index in [0.29, 0.717) is 40.5 Å². The van der Waals surface area contributed by atoms with E-state index in [-0.39, 0.29) is 23.2 Å². The largest absolute Gasteiger partial charge is 0.381 e. The molecule has 8 nitrogen and oxygen atoms in total. The second kappa shape index (κ2) is 12.0. The van der Waals surface area contributed by atoms with Crippen molar-refractivity contribution < 1.29 is 13.5 Å². The summed E-state index contributed by atoms with van der Waals surface area (Å²) in [5.41, 5.74) is 2.43. The number of hydrogen-bond acceptors (Lipinski definition) is 7. The zero-order valence-electron chi connectivity index (χ0n) is 24.8. The number of aryl methyl sites for hydroxylation is 1. The summed E-state index contributed by atoms with van der Waals surface area (Å²) >= 11 is 0. The van der Waals surface area contributed by atoms with E-state index < -0.39 is 11.6 Å². The van der Waals surface area contributed by atoms with Crippen LogP contribution in [-0.2, 0) is 4.74 Å². The molecule has 0 amide bonds. The minimum absolute atomic E-state index is 0.0128. The van der Waals surface area contributed by atoms with Gasteiger partial charge >= 0.3 is 0 Å². The first-order valence-corrected chi connectivity index (χ1v) is 15.1. The Morgan fingerprint density at radius 1 is 1.00 bits per heavy atom. The summed E-state index contributed by atoms with van der Waals surface area (Å²) in [6.07, 6.45) is 6.50. The average molecular weight is 576 g/mol. The van der Waals surface area contributed by atoms with Crippen molar-refractivity contribution in [2.45, 2.75) is 58.9 Å². The topological polar surface area (TPSA) is 81.0 Å². The standard InChI is InChI=1S/C32H39F2N7O/c1-5-40-11-8-21(9-12-40)29(23-10-13-42-18-23)22-6-7-28(35-16-22)38-32-36-17-26(34)30(39-32)24-14-25(33)31-27(15-24)41(19(2)3)20(4)37-31/h6-7,14-17,19,21,23,29H,5,8-13,18H2,1-4H3,(H,35,36,38,39)/t23?,29-/m0/s1. The first-order chi connectivity index (χ1) is 20.3. The Bertz CT molecular complexity index is 1540. The maximum Gasteiger partial charge on any atom is 0.229 e. The molecule has 0 saturated carbocycles. The Balaban J connectivity index is 1.25. The number of pyridine rings is 1. The lowest BCUT2D eigenvalue weighted by atomic mass is 9.73. The van der Waals surface area contributed by atoms with E-state index in [4.69, 9.17) is 9.72 Å². The Labute approximate surface area is 245 Å². The van der Waals surface area contributed by atoms with Gasteiger partial charge in [0.25, 0.3) is 0 Å². The Hall–Kier alpha value is -3.50. The molecule has 222 valence electrons. The Kier molecular flexibility index (Phi) is 8.18. The van der Waals surface area contributed by atoms with E-state index in [1.54, 1.807) is 6.07 Å². The van der Waals surface area contributed by atoms with Crippen LogP contribution in [0.2, 0.25) is 0 Å². The molecule has 10 heteroatoms. The minimum atomic E-state index is -0.634. The molecule has 0 bridgehead atoms. The van der Waals surface area contributed by atoms with Crippen LogP contribution in [-0.4, -0.2) is 62.3 Å². The van der Waals surface area contributed by atoms with Crippen LogP contribution in [0.4, 0.5) is 20.5 Å². The third-order valence-electron chi connectivity index (χ3n) is 8.93. The monoisotopic (exact) mass is 575 g/mol. The lowest BCUT2D eigenvalue weighted by molar-refractivity contribution is 0.137. The highest BCUT2D eigenvalue weighted by molar-refractivity contribution is 5.83. The van der Waals surface area contributed by atoms with Gasteiger partial charge in [-0.3, -0.25) is 0 Å². The molecule has 2 aliphatic heterocycles. The van der Waals surface area contributed by atoms with Crippen LogP contribution in [0, 0.1) is 30.4 Å². The van der Waals surface area contributed by atoms with Crippen LogP contribution in [0.5, 0.6) is 0 Å². The molecule has 2 atom stereocenters. The van der Waals surface area contributed by atoms with Crippen molar-refractivity contribution in [1.29, 1.82) is 0 Å². The van der Waals surface area contributed by atoms with Gasteiger partial charge in [0.15, 0.2) is 11.6 Å². The number of imidazole rings is 1. The third-order valence-corrected chi connectivity index (χ3v) is 8.93. The summed E-state index contributed by atoms with van der Waals surface area (Å²) < 4.78 is 37.8. The highest BCUT2D eigenvalue weighted by Gasteiger charge is 2.35. The maximum atomic E-state index is 15.1. The second-order valence-corrected chi connectivity index (χ2v) is 11.9. The Morgan fingerprint density at radius 3 is 2.48 bits per heavy atom. The molecule has 0 radical (unpaired) electrons. The number of likely N-dealkylation sites (tertiary alicyclic amines) is 1. The predicted molar refractivity (Wildman–Crippen MR) is 160 cm³/mol. The molecular weight excluding hydrogens is 536 g/mol. The van der Waals surface area contributed by atoms with Crippen molar-refractivity contribution in [2.24, 2.45) is 11.8 Å². The number of rotatable bonds is 8. The van der Waals surface area contributed by atoms with Gasteiger partial charge in [0.05, 0.1) is 18.3 Å². The van der Waals surface area contributed by atoms with Gasteiger partial charge in [0, 0.05) is 24.4 Å². The lowest BCUT2D eigenvalue weighted by Gasteiger charge is -2.38. The molecule has 1 aromatic carbocycles. The fourth-order valence-corrected chi connectivity index (χ4v) is 6.87. The number of nitrogens with zero attached hydrogens (tertiary/aromatic N) is 6.